The van der Waals surface area contributed by atoms with E-state index in [1.807, 2.05) is 61.7 Å². The second-order valence-corrected chi connectivity index (χ2v) is 10.7. The fourth-order valence-electron chi connectivity index (χ4n) is 5.14. The highest BCUT2D eigenvalue weighted by Gasteiger charge is 2.32. The number of imidazole rings is 1. The van der Waals surface area contributed by atoms with Crippen molar-refractivity contribution in [3.05, 3.63) is 103 Å². The van der Waals surface area contributed by atoms with Gasteiger partial charge in [-0.05, 0) is 74.2 Å². The largest absolute Gasteiger partial charge is 0.496 e. The molecule has 10 heteroatoms. The molecule has 4 rings (SSSR count). The number of halogens is 2. The van der Waals surface area contributed by atoms with Crippen LogP contribution in [0.15, 0.2) is 59.5 Å². The summed E-state index contributed by atoms with van der Waals surface area (Å²) in [6.45, 7) is 5.72. The molecule has 2 N–H and O–H groups in total. The van der Waals surface area contributed by atoms with E-state index in [0.29, 0.717) is 39.8 Å². The number of aryl methyl sites for hydroxylation is 1. The third-order valence-electron chi connectivity index (χ3n) is 6.83. The monoisotopic (exact) mass is 583 g/mol. The first-order valence-electron chi connectivity index (χ1n) is 12.8. The Morgan fingerprint density at radius 3 is 2.48 bits per heavy atom. The summed E-state index contributed by atoms with van der Waals surface area (Å²) < 4.78 is 8.89. The second kappa shape index (κ2) is 12.3. The van der Waals surface area contributed by atoms with Crippen LogP contribution in [-0.2, 0) is 13.0 Å². The third-order valence-corrected chi connectivity index (χ3v) is 7.34. The summed E-state index contributed by atoms with van der Waals surface area (Å²) in [5.74, 6) is -0.622. The number of benzene rings is 2. The van der Waals surface area contributed by atoms with Crippen LogP contribution in [-0.4, -0.2) is 44.0 Å². The van der Waals surface area contributed by atoms with Gasteiger partial charge in [0.25, 0.3) is 5.56 Å². The summed E-state index contributed by atoms with van der Waals surface area (Å²) in [4.78, 5) is 29.9. The Morgan fingerprint density at radius 2 is 1.85 bits per heavy atom. The van der Waals surface area contributed by atoms with Crippen LogP contribution in [0.5, 0.6) is 5.75 Å². The highest BCUT2D eigenvalue weighted by Crippen LogP contribution is 2.40. The van der Waals surface area contributed by atoms with Gasteiger partial charge in [0.1, 0.15) is 16.6 Å². The molecule has 8 nitrogen and oxygen atoms in total. The summed E-state index contributed by atoms with van der Waals surface area (Å²) in [5.41, 5.74) is 3.11. The number of carbonyl (C=O) groups is 1. The number of hydrogen-bond donors (Lipinski definition) is 2. The van der Waals surface area contributed by atoms with Gasteiger partial charge in [-0.2, -0.15) is 0 Å². The number of carboxylic acid groups (broad SMARTS) is 1. The van der Waals surface area contributed by atoms with E-state index in [9.17, 15) is 19.8 Å². The molecule has 2 aromatic heterocycles. The first-order valence-corrected chi connectivity index (χ1v) is 13.6. The van der Waals surface area contributed by atoms with Gasteiger partial charge in [-0.15, -0.1) is 0 Å². The smallest absolute Gasteiger partial charge is 0.356 e. The quantitative estimate of drug-likeness (QED) is 0.238. The number of hydrogen-bond acceptors (Lipinski definition) is 5. The molecule has 210 valence electrons. The van der Waals surface area contributed by atoms with E-state index < -0.39 is 17.4 Å². The molecule has 0 radical (unpaired) electrons. The van der Waals surface area contributed by atoms with Crippen LogP contribution in [0.4, 0.5) is 0 Å². The maximum absolute atomic E-state index is 12.7. The number of ether oxygens (including phenoxy) is 1. The zero-order chi connectivity index (χ0) is 29.1. The van der Waals surface area contributed by atoms with Crippen molar-refractivity contribution in [1.82, 2.24) is 14.1 Å². The highest BCUT2D eigenvalue weighted by atomic mass is 35.5. The lowest BCUT2D eigenvalue weighted by molar-refractivity contribution is 0.0689. The Labute approximate surface area is 242 Å². The average molecular weight is 584 g/mol. The Hall–Kier alpha value is -3.59. The molecular formula is C30H31Cl2N3O5. The number of aromatic nitrogens is 3. The van der Waals surface area contributed by atoms with Crippen LogP contribution < -0.4 is 10.3 Å². The number of pyridine rings is 1. The molecule has 0 aliphatic carbocycles. The number of nitrogens with zero attached hydrogens (tertiary/aromatic N) is 3. The van der Waals surface area contributed by atoms with Crippen molar-refractivity contribution in [2.75, 3.05) is 13.7 Å². The topological polar surface area (TPSA) is 107 Å². The Balaban J connectivity index is 2.05. The predicted octanol–water partition coefficient (Wildman–Crippen LogP) is 5.98. The molecule has 0 saturated heterocycles. The van der Waals surface area contributed by atoms with Gasteiger partial charge in [-0.25, -0.2) is 9.78 Å². The van der Waals surface area contributed by atoms with E-state index in [0.717, 1.165) is 11.1 Å². The normalized spacial score (nSPS) is 12.1. The SMILES string of the molecule is COc1ccccc1-c1nc(C(=O)O)c(C(Cc2cc(Cl)c(=O)n(CCO)c2)c2ccc(Cl)cc2C)n1C(C)C. The minimum atomic E-state index is -1.16. The molecule has 1 unspecified atom stereocenters. The predicted molar refractivity (Wildman–Crippen MR) is 156 cm³/mol. The van der Waals surface area contributed by atoms with Crippen molar-refractivity contribution >= 4 is 29.2 Å². The molecule has 0 fully saturated rings. The summed E-state index contributed by atoms with van der Waals surface area (Å²) in [5, 5.41) is 20.5. The van der Waals surface area contributed by atoms with Crippen molar-refractivity contribution in [3.8, 4) is 17.1 Å². The van der Waals surface area contributed by atoms with Crippen LogP contribution in [0.25, 0.3) is 11.4 Å². The molecule has 0 bridgehead atoms. The minimum Gasteiger partial charge on any atom is -0.496 e. The van der Waals surface area contributed by atoms with Crippen LogP contribution in [0.1, 0.15) is 58.7 Å². The lowest BCUT2D eigenvalue weighted by Gasteiger charge is -2.25. The van der Waals surface area contributed by atoms with Gasteiger partial charge >= 0.3 is 5.97 Å². The van der Waals surface area contributed by atoms with Crippen LogP contribution in [0.3, 0.4) is 0 Å². The number of para-hydroxylation sites is 1. The maximum Gasteiger partial charge on any atom is 0.356 e. The van der Waals surface area contributed by atoms with Gasteiger partial charge in [0.15, 0.2) is 5.69 Å². The van der Waals surface area contributed by atoms with E-state index in [-0.39, 0.29) is 29.9 Å². The molecule has 2 heterocycles. The number of aliphatic hydroxyl groups excluding tert-OH is 1. The van der Waals surface area contributed by atoms with Crippen LogP contribution in [0.2, 0.25) is 10.0 Å². The van der Waals surface area contributed by atoms with Crippen LogP contribution >= 0.6 is 23.2 Å². The van der Waals surface area contributed by atoms with Gasteiger partial charge in [0.2, 0.25) is 0 Å². The molecule has 1 atom stereocenters. The summed E-state index contributed by atoms with van der Waals surface area (Å²) in [7, 11) is 1.56. The van der Waals surface area contributed by atoms with Gasteiger partial charge < -0.3 is 24.1 Å². The second-order valence-electron chi connectivity index (χ2n) is 9.81. The first-order chi connectivity index (χ1) is 19.1. The zero-order valence-electron chi connectivity index (χ0n) is 22.7. The number of aliphatic hydroxyl groups is 1. The zero-order valence-corrected chi connectivity index (χ0v) is 24.2. The summed E-state index contributed by atoms with van der Waals surface area (Å²) in [6.07, 6.45) is 1.96. The maximum atomic E-state index is 12.7. The fraction of sp³-hybridized carbons (Fsp3) is 0.300. The van der Waals surface area contributed by atoms with Crippen molar-refractivity contribution < 1.29 is 19.7 Å². The minimum absolute atomic E-state index is 0.0167. The molecule has 4 aromatic rings. The standard InChI is InChI=1S/C30H31Cl2N3O5/c1-17(2)35-27(26(30(38)39)33-28(35)22-7-5-6-8-25(22)40-4)23(21-10-9-20(31)13-18(21)3)14-19-15-24(32)29(37)34(16-19)11-12-36/h5-10,13,15-17,23,36H,11-12,14H2,1-4H3,(H,38,39). The van der Waals surface area contributed by atoms with E-state index in [1.165, 1.54) is 4.57 Å². The molecule has 0 spiro atoms. The lowest BCUT2D eigenvalue weighted by atomic mass is 9.85. The summed E-state index contributed by atoms with van der Waals surface area (Å²) in [6, 6.07) is 14.3. The molecule has 0 aliphatic heterocycles. The Morgan fingerprint density at radius 1 is 1.12 bits per heavy atom. The number of carboxylic acids is 1. The van der Waals surface area contributed by atoms with Crippen molar-refractivity contribution in [3.63, 3.8) is 0 Å². The third kappa shape index (κ3) is 5.80. The Kier molecular flexibility index (Phi) is 9.03. The van der Waals surface area contributed by atoms with Crippen molar-refractivity contribution in [2.45, 2.75) is 45.7 Å². The molecule has 40 heavy (non-hydrogen) atoms. The molecule has 0 amide bonds. The van der Waals surface area contributed by atoms with Crippen LogP contribution in [0, 0.1) is 6.92 Å². The molecule has 0 aliphatic rings. The lowest BCUT2D eigenvalue weighted by Crippen LogP contribution is -2.23. The first kappa shape index (κ1) is 29.4. The molecular weight excluding hydrogens is 553 g/mol. The van der Waals surface area contributed by atoms with E-state index in [2.05, 4.69) is 4.98 Å². The van der Waals surface area contributed by atoms with Crippen molar-refractivity contribution in [2.24, 2.45) is 0 Å². The fourth-order valence-corrected chi connectivity index (χ4v) is 5.62. The highest BCUT2D eigenvalue weighted by molar-refractivity contribution is 6.30. The van der Waals surface area contributed by atoms with Gasteiger partial charge in [0.05, 0.1) is 25.0 Å². The van der Waals surface area contributed by atoms with Crippen molar-refractivity contribution in [1.29, 1.82) is 0 Å². The number of methoxy groups -OCH3 is 1. The van der Waals surface area contributed by atoms with Gasteiger partial charge in [-0.1, -0.05) is 41.4 Å². The Bertz CT molecular complexity index is 1610. The van der Waals surface area contributed by atoms with E-state index in [1.54, 1.807) is 25.4 Å². The van der Waals surface area contributed by atoms with Gasteiger partial charge in [0, 0.05) is 29.7 Å². The number of aromatic carboxylic acids is 1. The van der Waals surface area contributed by atoms with E-state index >= 15 is 0 Å². The summed E-state index contributed by atoms with van der Waals surface area (Å²) >= 11 is 12.6. The average Bonchev–Trinajstić information content (AvgIpc) is 3.31. The molecule has 0 saturated carbocycles. The number of rotatable bonds is 10. The van der Waals surface area contributed by atoms with Gasteiger partial charge in [-0.3, -0.25) is 4.79 Å². The molecule has 2 aromatic carbocycles. The van der Waals surface area contributed by atoms with E-state index in [4.69, 9.17) is 27.9 Å².